The van der Waals surface area contributed by atoms with Crippen LogP contribution in [0.1, 0.15) is 84.7 Å². The highest BCUT2D eigenvalue weighted by Gasteiger charge is 2.45. The van der Waals surface area contributed by atoms with Gasteiger partial charge >= 0.3 is 12.2 Å². The average Bonchev–Trinajstić information content (AvgIpc) is 3.99. The highest BCUT2D eigenvalue weighted by Crippen LogP contribution is 2.42. The maximum atomic E-state index is 14.0. The average molecular weight is 954 g/mol. The van der Waals surface area contributed by atoms with Crippen LogP contribution in [0.25, 0.3) is 38.4 Å². The van der Waals surface area contributed by atoms with E-state index in [0.29, 0.717) is 42.7 Å². The molecule has 0 spiro atoms. The monoisotopic (exact) mass is 953 g/mol. The number of allylic oxidation sites excluding steroid dienone is 1. The van der Waals surface area contributed by atoms with Gasteiger partial charge in [-0.25, -0.2) is 14.6 Å². The second-order valence-corrected chi connectivity index (χ2v) is 17.7. The quantitative estimate of drug-likeness (QED) is 0.147. The lowest BCUT2D eigenvalue weighted by Gasteiger charge is -2.31. The molecular formula is C46H63N7O7S4. The van der Waals surface area contributed by atoms with Crippen LogP contribution in [0.3, 0.4) is 0 Å². The first-order chi connectivity index (χ1) is 28.6. The molecule has 2 fully saturated rings. The molecule has 3 aliphatic rings. The number of rotatable bonds is 10. The smallest absolute Gasteiger partial charge is 0.407 e. The van der Waals surface area contributed by atoms with E-state index in [9.17, 15) is 24.0 Å². The maximum Gasteiger partial charge on any atom is 0.407 e. The number of methoxy groups -OCH3 is 2. The lowest BCUT2D eigenvalue weighted by Crippen LogP contribution is -2.53. The summed E-state index contributed by atoms with van der Waals surface area (Å²) in [4.78, 5) is 81.6. The third kappa shape index (κ3) is 11.2. The van der Waals surface area contributed by atoms with E-state index >= 15 is 0 Å². The summed E-state index contributed by atoms with van der Waals surface area (Å²) in [5.74, 6) is -0.263. The number of aliphatic imine (C=N–C) groups is 1. The van der Waals surface area contributed by atoms with Crippen LogP contribution >= 0.6 is 54.0 Å². The normalized spacial score (nSPS) is 18.5. The van der Waals surface area contributed by atoms with Crippen LogP contribution in [0.5, 0.6) is 0 Å². The Bertz CT molecular complexity index is 2490. The van der Waals surface area contributed by atoms with Gasteiger partial charge in [-0.1, -0.05) is 71.9 Å². The van der Waals surface area contributed by atoms with Gasteiger partial charge in [-0.15, -0.1) is 0 Å². The third-order valence-electron chi connectivity index (χ3n) is 12.0. The number of amides is 4. The molecule has 0 saturated carbocycles. The van der Waals surface area contributed by atoms with E-state index in [1.54, 1.807) is 11.0 Å². The summed E-state index contributed by atoms with van der Waals surface area (Å²) in [5, 5.41) is 7.96. The molecule has 4 aromatic rings. The van der Waals surface area contributed by atoms with Gasteiger partial charge in [0.2, 0.25) is 11.8 Å². The topological polar surface area (TPSA) is 175 Å². The van der Waals surface area contributed by atoms with Gasteiger partial charge in [0.25, 0.3) is 5.56 Å². The number of alkyl carbamates (subject to hydrolysis) is 2. The number of nitrogens with zero attached hydrogens (tertiary/aromatic N) is 4. The van der Waals surface area contributed by atoms with Crippen molar-refractivity contribution >= 4 is 111 Å². The first-order valence-electron chi connectivity index (χ1n) is 20.7. The van der Waals surface area contributed by atoms with Crippen LogP contribution in [-0.2, 0) is 19.1 Å². The van der Waals surface area contributed by atoms with Crippen molar-refractivity contribution in [3.8, 4) is 11.1 Å². The first kappa shape index (κ1) is 53.7. The van der Waals surface area contributed by atoms with E-state index in [1.165, 1.54) is 14.2 Å². The van der Waals surface area contributed by atoms with Crippen LogP contribution in [0.4, 0.5) is 9.59 Å². The number of aromatic nitrogens is 2. The molecule has 4 amide bonds. The molecule has 0 unspecified atom stereocenters. The number of likely N-dealkylation sites (tertiary alicyclic amines) is 2. The van der Waals surface area contributed by atoms with Gasteiger partial charge in [-0.2, -0.15) is 54.0 Å². The predicted molar refractivity (Wildman–Crippen MR) is 273 cm³/mol. The lowest BCUT2D eigenvalue weighted by atomic mass is 9.90. The molecule has 4 heterocycles. The van der Waals surface area contributed by atoms with Gasteiger partial charge in [0, 0.05) is 31.4 Å². The zero-order valence-electron chi connectivity index (χ0n) is 37.6. The Labute approximate surface area is 402 Å². The largest absolute Gasteiger partial charge is 0.453 e. The van der Waals surface area contributed by atoms with Crippen molar-refractivity contribution in [1.29, 1.82) is 0 Å². The zero-order chi connectivity index (χ0) is 43.0. The summed E-state index contributed by atoms with van der Waals surface area (Å²) in [7, 11) is 2.56. The maximum absolute atomic E-state index is 14.0. The number of carbonyl (C=O) groups excluding carboxylic acids is 4. The van der Waals surface area contributed by atoms with Gasteiger partial charge in [0.15, 0.2) is 0 Å². The van der Waals surface area contributed by atoms with Crippen LogP contribution in [0, 0.1) is 17.3 Å². The number of benzene rings is 3. The van der Waals surface area contributed by atoms with Crippen LogP contribution in [-0.4, -0.2) is 94.9 Å². The zero-order valence-corrected chi connectivity index (χ0v) is 41.6. The van der Waals surface area contributed by atoms with Crippen molar-refractivity contribution in [1.82, 2.24) is 30.4 Å². The van der Waals surface area contributed by atoms with Gasteiger partial charge in [0.05, 0.1) is 37.2 Å². The van der Waals surface area contributed by atoms with Crippen molar-refractivity contribution in [2.45, 2.75) is 91.4 Å². The standard InChI is InChI=1S/C46H55N7O7.4H2S/c1-25(2)38(49-44(57)59-7)42(55)52-17-9-10-36(52)35-21-32(23-47-35)30-14-13-27-18-29(12-11-28(27)19-30)31-15-16-33-34(20-31)48-40(51-41(33)54)37-22-46(5,6)24-53(37)43(56)39(26(3)4)50-45(58)60-8;;;;/h11-16,18-20,23,25-26,36-39H,9-10,17,21-22,24H2,1-8H3,(H,49,57)(H,50,58)(H,48,51,54);4*1H2/t36-,37-,38-,39-;;;;/m0..../s1. The second kappa shape index (κ2) is 22.0. The summed E-state index contributed by atoms with van der Waals surface area (Å²) >= 11 is 0. The molecule has 14 nitrogen and oxygen atoms in total. The van der Waals surface area contributed by atoms with Crippen molar-refractivity contribution in [3.63, 3.8) is 0 Å². The highest BCUT2D eigenvalue weighted by molar-refractivity contribution is 7.59. The van der Waals surface area contributed by atoms with Crippen molar-refractivity contribution in [2.24, 2.45) is 22.2 Å². The summed E-state index contributed by atoms with van der Waals surface area (Å²) in [6.45, 7) is 12.7. The molecule has 4 atom stereocenters. The minimum Gasteiger partial charge on any atom is -0.453 e. The Morgan fingerprint density at radius 2 is 1.31 bits per heavy atom. The third-order valence-corrected chi connectivity index (χ3v) is 12.0. The Kier molecular flexibility index (Phi) is 18.5. The van der Waals surface area contributed by atoms with Crippen molar-refractivity contribution in [2.75, 3.05) is 27.3 Å². The van der Waals surface area contributed by atoms with Crippen molar-refractivity contribution in [3.05, 3.63) is 82.5 Å². The number of carbonyl (C=O) groups is 4. The van der Waals surface area contributed by atoms with E-state index < -0.39 is 30.3 Å². The summed E-state index contributed by atoms with van der Waals surface area (Å²) < 4.78 is 9.58. The SMILES string of the molecule is COC(=O)N[C@H](C(=O)N1CCC[C@H]1C1=NC=C(c2ccc3cc(-c4ccc5c(=O)[nH]c([C@@H]6CC(C)(C)CN6C(=O)[C@@H](NC(=O)OC)C(C)C)nc5c4)ccc3c2)C1)C(C)C.S.S.S.S. The Morgan fingerprint density at radius 1 is 0.766 bits per heavy atom. The number of H-pyrrole nitrogens is 1. The predicted octanol–water partition coefficient (Wildman–Crippen LogP) is 7.43. The first-order valence-corrected chi connectivity index (χ1v) is 20.7. The van der Waals surface area contributed by atoms with Gasteiger partial charge in [-0.05, 0) is 93.8 Å². The van der Waals surface area contributed by atoms with E-state index in [2.05, 4.69) is 65.9 Å². The Morgan fingerprint density at radius 3 is 1.91 bits per heavy atom. The molecule has 18 heteroatoms. The fraction of sp³-hybridized carbons (Fsp3) is 0.457. The van der Waals surface area contributed by atoms with E-state index in [4.69, 9.17) is 19.5 Å². The molecular weight excluding hydrogens is 891 g/mol. The minimum absolute atomic E-state index is 0. The molecule has 348 valence electrons. The molecule has 0 radical (unpaired) electrons. The summed E-state index contributed by atoms with van der Waals surface area (Å²) in [6, 6.07) is 16.1. The van der Waals surface area contributed by atoms with Gasteiger partial charge in [-0.3, -0.25) is 19.4 Å². The van der Waals surface area contributed by atoms with Crippen LogP contribution < -0.4 is 16.2 Å². The summed E-state index contributed by atoms with van der Waals surface area (Å²) in [5.41, 5.74) is 4.94. The molecule has 0 bridgehead atoms. The van der Waals surface area contributed by atoms with Gasteiger partial charge < -0.3 is 34.9 Å². The molecule has 7 rings (SSSR count). The van der Waals surface area contributed by atoms with E-state index in [-0.39, 0.29) is 94.6 Å². The fourth-order valence-electron chi connectivity index (χ4n) is 8.83. The van der Waals surface area contributed by atoms with Crippen molar-refractivity contribution < 1.29 is 28.7 Å². The number of hydrogen-bond donors (Lipinski definition) is 3. The molecule has 2 saturated heterocycles. The van der Waals surface area contributed by atoms with E-state index in [1.807, 2.05) is 50.9 Å². The Balaban J connectivity index is 0.00000272. The number of aromatic amines is 1. The number of nitrogens with one attached hydrogen (secondary N) is 3. The molecule has 3 N–H and O–H groups in total. The molecule has 0 aliphatic carbocycles. The Hall–Kier alpha value is -4.65. The highest BCUT2D eigenvalue weighted by atomic mass is 32.1. The summed E-state index contributed by atoms with van der Waals surface area (Å²) in [6.07, 6.45) is 3.50. The van der Waals surface area contributed by atoms with E-state index in [0.717, 1.165) is 51.6 Å². The number of fused-ring (bicyclic) bond motifs is 2. The molecule has 3 aliphatic heterocycles. The molecule has 3 aromatic carbocycles. The fourth-order valence-corrected chi connectivity index (χ4v) is 8.83. The second-order valence-electron chi connectivity index (χ2n) is 17.7. The molecule has 64 heavy (non-hydrogen) atoms. The minimum atomic E-state index is -0.806. The lowest BCUT2D eigenvalue weighted by molar-refractivity contribution is -0.136. The number of ether oxygens (including phenoxy) is 2. The van der Waals surface area contributed by atoms with Crippen LogP contribution in [0.2, 0.25) is 0 Å². The molecule has 1 aromatic heterocycles. The van der Waals surface area contributed by atoms with Gasteiger partial charge in [0.1, 0.15) is 17.9 Å². The van der Waals surface area contributed by atoms with Crippen LogP contribution in [0.15, 0.2) is 70.6 Å². The number of hydrogen-bond acceptors (Lipinski definition) is 9.